The van der Waals surface area contributed by atoms with Crippen molar-refractivity contribution < 1.29 is 23.9 Å². The minimum Gasteiger partial charge on any atom is -0.491 e. The van der Waals surface area contributed by atoms with Gasteiger partial charge in [0.15, 0.2) is 0 Å². The van der Waals surface area contributed by atoms with Crippen LogP contribution in [0.3, 0.4) is 0 Å². The number of aromatic nitrogens is 6. The van der Waals surface area contributed by atoms with Crippen LogP contribution in [-0.2, 0) is 24.4 Å². The second-order valence-corrected chi connectivity index (χ2v) is 11.7. The second-order valence-electron chi connectivity index (χ2n) is 11.7. The highest BCUT2D eigenvalue weighted by Crippen LogP contribution is 2.30. The number of ether oxygens (including phenoxy) is 2. The van der Waals surface area contributed by atoms with Crippen LogP contribution < -0.4 is 32.6 Å². The summed E-state index contributed by atoms with van der Waals surface area (Å²) in [5, 5.41) is 10.4. The number of fused-ring (bicyclic) bond motifs is 2. The molecule has 1 aliphatic heterocycles. The molecule has 270 valence electrons. The maximum absolute atomic E-state index is 13.3. The number of carbonyl (C=O) groups is 3. The Morgan fingerprint density at radius 1 is 0.961 bits per heavy atom. The standard InChI is InChI=1S/C33H39N11O5.C2H6/c1-3-44-26(13-19(2)41-44)31(47)40-33-39-23-14-20(29(34)45)7-8-25(23)42(33)9-4-5-10-43-28-24(38-32(43)36)15-21(30(35)46)16-27(28)49-12-6-11-48-22-17-37-18-22;1-2/h4-5,7-8,13-16,22,37H,3,6,9-12,17-18H2,1-2H3,(H2,34,45)(H2,35,46)(H2,36,38)(H,39,40,47);1-2H3/b5-4+;. The third-order valence-corrected chi connectivity index (χ3v) is 8.20. The van der Waals surface area contributed by atoms with Gasteiger partial charge in [0.1, 0.15) is 17.0 Å². The molecule has 1 fully saturated rings. The molecule has 0 unspecified atom stereocenters. The summed E-state index contributed by atoms with van der Waals surface area (Å²) in [5.41, 5.74) is 21.4. The van der Waals surface area contributed by atoms with Gasteiger partial charge in [-0.3, -0.25) is 24.4 Å². The smallest absolute Gasteiger partial charge is 0.276 e. The summed E-state index contributed by atoms with van der Waals surface area (Å²) < 4.78 is 17.1. The fourth-order valence-corrected chi connectivity index (χ4v) is 5.61. The molecule has 0 bridgehead atoms. The first kappa shape index (κ1) is 36.5. The van der Waals surface area contributed by atoms with Crippen LogP contribution in [0.2, 0.25) is 0 Å². The highest BCUT2D eigenvalue weighted by molar-refractivity contribution is 6.03. The van der Waals surface area contributed by atoms with E-state index in [1.165, 1.54) is 0 Å². The Morgan fingerprint density at radius 2 is 1.67 bits per heavy atom. The summed E-state index contributed by atoms with van der Waals surface area (Å²) in [4.78, 5) is 46.3. The fraction of sp³-hybridized carbons (Fsp3) is 0.371. The Bertz CT molecular complexity index is 2070. The van der Waals surface area contributed by atoms with E-state index in [1.807, 2.05) is 44.4 Å². The van der Waals surface area contributed by atoms with Crippen molar-refractivity contribution in [3.05, 3.63) is 71.1 Å². The Morgan fingerprint density at radius 3 is 2.33 bits per heavy atom. The van der Waals surface area contributed by atoms with Crippen LogP contribution in [0.4, 0.5) is 11.9 Å². The predicted octanol–water partition coefficient (Wildman–Crippen LogP) is 2.98. The Hall–Kier alpha value is -5.74. The Labute approximate surface area is 295 Å². The summed E-state index contributed by atoms with van der Waals surface area (Å²) in [5.74, 6) is -0.604. The molecule has 16 nitrogen and oxygen atoms in total. The SMILES string of the molecule is CC.CCn1nc(C)cc1C(=O)Nc1nc2cc(C(N)=O)ccc2n1C/C=C/Cn1c(N)nc2cc(C(N)=O)cc(OCCCOC3CNC3)c21. The van der Waals surface area contributed by atoms with E-state index in [1.54, 1.807) is 45.6 Å². The molecular weight excluding hydrogens is 654 g/mol. The number of rotatable bonds is 15. The Kier molecular flexibility index (Phi) is 11.7. The van der Waals surface area contributed by atoms with Crippen LogP contribution in [0.5, 0.6) is 5.75 Å². The lowest BCUT2D eigenvalue weighted by Gasteiger charge is -2.27. The van der Waals surface area contributed by atoms with Gasteiger partial charge in [0.2, 0.25) is 23.7 Å². The van der Waals surface area contributed by atoms with Gasteiger partial charge in [-0.25, -0.2) is 9.97 Å². The lowest BCUT2D eigenvalue weighted by Crippen LogP contribution is -2.48. The number of aryl methyl sites for hydroxylation is 2. The number of benzene rings is 2. The van der Waals surface area contributed by atoms with E-state index in [2.05, 4.69) is 25.7 Å². The van der Waals surface area contributed by atoms with E-state index in [-0.39, 0.29) is 29.5 Å². The summed E-state index contributed by atoms with van der Waals surface area (Å²) in [7, 11) is 0. The molecule has 0 saturated carbocycles. The number of primary amides is 2. The number of imidazole rings is 2. The molecule has 4 heterocycles. The van der Waals surface area contributed by atoms with E-state index >= 15 is 0 Å². The molecule has 6 rings (SSSR count). The number of anilines is 2. The first-order chi connectivity index (χ1) is 24.6. The molecule has 3 aromatic heterocycles. The predicted molar refractivity (Wildman–Crippen MR) is 195 cm³/mol. The second kappa shape index (κ2) is 16.3. The average Bonchev–Trinajstić information content (AvgIpc) is 3.75. The fourth-order valence-electron chi connectivity index (χ4n) is 5.61. The van der Waals surface area contributed by atoms with Crippen LogP contribution in [0.1, 0.15) is 64.1 Å². The van der Waals surface area contributed by atoms with Crippen molar-refractivity contribution in [2.45, 2.75) is 59.9 Å². The summed E-state index contributed by atoms with van der Waals surface area (Å²) in [6.45, 7) is 11.5. The van der Waals surface area contributed by atoms with Crippen molar-refractivity contribution in [3.63, 3.8) is 0 Å². The van der Waals surface area contributed by atoms with E-state index in [0.29, 0.717) is 78.3 Å². The first-order valence-electron chi connectivity index (χ1n) is 17.0. The van der Waals surface area contributed by atoms with E-state index in [4.69, 9.17) is 26.7 Å². The molecule has 5 aromatic rings. The minimum absolute atomic E-state index is 0.230. The highest BCUT2D eigenvalue weighted by Gasteiger charge is 2.20. The topological polar surface area (TPSA) is 225 Å². The van der Waals surface area contributed by atoms with Crippen LogP contribution in [0.15, 0.2) is 48.6 Å². The molecule has 3 amide bonds. The van der Waals surface area contributed by atoms with E-state index in [0.717, 1.165) is 18.8 Å². The lowest BCUT2D eigenvalue weighted by atomic mass is 10.1. The van der Waals surface area contributed by atoms with Gasteiger partial charge in [-0.05, 0) is 50.2 Å². The number of carbonyl (C=O) groups excluding carboxylic acids is 3. The number of nitrogens with one attached hydrogen (secondary N) is 2. The maximum atomic E-state index is 13.3. The zero-order chi connectivity index (χ0) is 36.7. The van der Waals surface area contributed by atoms with Gasteiger partial charge in [0.05, 0.1) is 41.6 Å². The normalized spacial score (nSPS) is 12.9. The molecule has 16 heteroatoms. The van der Waals surface area contributed by atoms with E-state index < -0.39 is 11.8 Å². The summed E-state index contributed by atoms with van der Waals surface area (Å²) in [6.07, 6.45) is 4.68. The first-order valence-corrected chi connectivity index (χ1v) is 17.0. The number of amides is 3. The molecule has 0 atom stereocenters. The quantitative estimate of drug-likeness (QED) is 0.0793. The van der Waals surface area contributed by atoms with Gasteiger partial charge in [-0.2, -0.15) is 5.10 Å². The van der Waals surface area contributed by atoms with Gasteiger partial charge < -0.3 is 41.1 Å². The summed E-state index contributed by atoms with van der Waals surface area (Å²) >= 11 is 0. The van der Waals surface area contributed by atoms with Crippen molar-refractivity contribution >= 4 is 51.7 Å². The van der Waals surface area contributed by atoms with Gasteiger partial charge >= 0.3 is 0 Å². The van der Waals surface area contributed by atoms with Gasteiger partial charge in [-0.15, -0.1) is 0 Å². The van der Waals surface area contributed by atoms with Crippen LogP contribution in [-0.4, -0.2) is 79.0 Å². The largest absolute Gasteiger partial charge is 0.491 e. The van der Waals surface area contributed by atoms with Crippen LogP contribution >= 0.6 is 0 Å². The van der Waals surface area contributed by atoms with Crippen molar-refractivity contribution in [2.75, 3.05) is 37.4 Å². The minimum atomic E-state index is -0.603. The number of hydrogen-bond acceptors (Lipinski definition) is 10. The van der Waals surface area contributed by atoms with Crippen molar-refractivity contribution in [1.29, 1.82) is 0 Å². The van der Waals surface area contributed by atoms with Crippen LogP contribution in [0.25, 0.3) is 22.1 Å². The van der Waals surface area contributed by atoms with E-state index in [9.17, 15) is 14.4 Å². The molecule has 1 saturated heterocycles. The number of allylic oxidation sites excluding steroid dienone is 2. The molecule has 0 spiro atoms. The van der Waals surface area contributed by atoms with Crippen LogP contribution in [0, 0.1) is 6.92 Å². The third kappa shape index (κ3) is 8.19. The van der Waals surface area contributed by atoms with Crippen molar-refractivity contribution in [2.24, 2.45) is 11.5 Å². The average molecular weight is 700 g/mol. The van der Waals surface area contributed by atoms with Crippen molar-refractivity contribution in [1.82, 2.24) is 34.2 Å². The summed E-state index contributed by atoms with van der Waals surface area (Å²) in [6, 6.07) is 9.84. The Balaban J connectivity index is 0.00000248. The molecular formula is C35H45N11O5. The lowest BCUT2D eigenvalue weighted by molar-refractivity contribution is 0.0136. The number of nitrogens with zero attached hydrogens (tertiary/aromatic N) is 6. The molecule has 0 radical (unpaired) electrons. The zero-order valence-electron chi connectivity index (χ0n) is 29.3. The number of hydrogen-bond donors (Lipinski definition) is 5. The molecule has 1 aliphatic rings. The van der Waals surface area contributed by atoms with Gasteiger partial charge in [0, 0.05) is 50.3 Å². The molecule has 8 N–H and O–H groups in total. The van der Waals surface area contributed by atoms with Crippen molar-refractivity contribution in [3.8, 4) is 5.75 Å². The van der Waals surface area contributed by atoms with Gasteiger partial charge in [0.25, 0.3) is 5.91 Å². The molecule has 0 aliphatic carbocycles. The monoisotopic (exact) mass is 699 g/mol. The number of nitrogen functional groups attached to an aromatic ring is 1. The molecule has 51 heavy (non-hydrogen) atoms. The zero-order valence-corrected chi connectivity index (χ0v) is 29.3. The van der Waals surface area contributed by atoms with Gasteiger partial charge in [-0.1, -0.05) is 26.0 Å². The molecule has 2 aromatic carbocycles. The highest BCUT2D eigenvalue weighted by atomic mass is 16.5. The third-order valence-electron chi connectivity index (χ3n) is 8.20. The number of nitrogens with two attached hydrogens (primary N) is 3. The maximum Gasteiger partial charge on any atom is 0.276 e.